The van der Waals surface area contributed by atoms with Crippen LogP contribution in [0.15, 0.2) is 22.7 Å². The van der Waals surface area contributed by atoms with Gasteiger partial charge in [0, 0.05) is 4.47 Å². The first-order valence-corrected chi connectivity index (χ1v) is 8.82. The molecule has 0 saturated carbocycles. The van der Waals surface area contributed by atoms with Gasteiger partial charge in [0.1, 0.15) is 5.75 Å². The summed E-state index contributed by atoms with van der Waals surface area (Å²) in [7, 11) is -0.335. The zero-order chi connectivity index (χ0) is 12.3. The topological polar surface area (TPSA) is 9.23 Å². The van der Waals surface area contributed by atoms with E-state index in [1.54, 1.807) is 0 Å². The van der Waals surface area contributed by atoms with Crippen LogP contribution in [0, 0.1) is 6.92 Å². The predicted molar refractivity (Wildman–Crippen MR) is 75.9 cm³/mol. The Hall–Kier alpha value is -0.283. The Labute approximate surface area is 109 Å². The summed E-state index contributed by atoms with van der Waals surface area (Å²) in [4.78, 5) is 0. The number of hydrogen-bond donors (Lipinski definition) is 0. The number of benzene rings is 1. The molecule has 0 amide bonds. The molecule has 3 heteroatoms. The molecular formula is C13H20BrOSi. The number of halogens is 1. The van der Waals surface area contributed by atoms with E-state index in [-0.39, 0.29) is 8.80 Å². The van der Waals surface area contributed by atoms with Crippen LogP contribution in [-0.2, 0) is 0 Å². The molecule has 1 nitrogen and oxygen atoms in total. The average molecular weight is 300 g/mol. The van der Waals surface area contributed by atoms with Crippen LogP contribution in [0.2, 0.25) is 18.1 Å². The van der Waals surface area contributed by atoms with Crippen molar-refractivity contribution in [3.05, 3.63) is 28.2 Å². The molecule has 0 heterocycles. The Morgan fingerprint density at radius 2 is 1.94 bits per heavy atom. The van der Waals surface area contributed by atoms with Crippen LogP contribution in [0.5, 0.6) is 5.75 Å². The van der Waals surface area contributed by atoms with Gasteiger partial charge < -0.3 is 4.74 Å². The molecule has 0 unspecified atom stereocenters. The third kappa shape index (κ3) is 3.63. The van der Waals surface area contributed by atoms with E-state index in [0.29, 0.717) is 5.04 Å². The standard InChI is InChI=1S/C13H20BrOSi/c1-10-6-7-11(8-12(10)14)15-9-13(2,3)16(4)5/h6-8H,9H2,1-5H3. The molecule has 1 aromatic carbocycles. The first-order valence-electron chi connectivity index (χ1n) is 5.52. The van der Waals surface area contributed by atoms with Gasteiger partial charge in [-0.1, -0.05) is 48.9 Å². The number of ether oxygens (including phenoxy) is 1. The van der Waals surface area contributed by atoms with Gasteiger partial charge in [0.25, 0.3) is 0 Å². The molecule has 0 saturated heterocycles. The smallest absolute Gasteiger partial charge is 0.120 e. The predicted octanol–water partition coefficient (Wildman–Crippen LogP) is 4.67. The third-order valence-electron chi connectivity index (χ3n) is 3.10. The van der Waals surface area contributed by atoms with Crippen molar-refractivity contribution in [2.24, 2.45) is 0 Å². The van der Waals surface area contributed by atoms with Crippen LogP contribution >= 0.6 is 15.9 Å². The minimum absolute atomic E-state index is 0.308. The fourth-order valence-electron chi connectivity index (χ4n) is 1.07. The van der Waals surface area contributed by atoms with E-state index >= 15 is 0 Å². The summed E-state index contributed by atoms with van der Waals surface area (Å²) in [6.45, 7) is 12.1. The maximum absolute atomic E-state index is 5.86. The number of rotatable bonds is 4. The van der Waals surface area contributed by atoms with Crippen molar-refractivity contribution in [3.8, 4) is 5.75 Å². The minimum Gasteiger partial charge on any atom is -0.493 e. The second kappa shape index (κ2) is 5.37. The van der Waals surface area contributed by atoms with Crippen molar-refractivity contribution in [1.29, 1.82) is 0 Å². The zero-order valence-corrected chi connectivity index (χ0v) is 13.3. The summed E-state index contributed by atoms with van der Waals surface area (Å²) in [6.07, 6.45) is 0. The normalized spacial score (nSPS) is 11.9. The molecule has 89 valence electrons. The van der Waals surface area contributed by atoms with Crippen LogP contribution in [0.4, 0.5) is 0 Å². The van der Waals surface area contributed by atoms with Crippen molar-refractivity contribution in [2.75, 3.05) is 6.61 Å². The lowest BCUT2D eigenvalue weighted by Gasteiger charge is -2.27. The van der Waals surface area contributed by atoms with Gasteiger partial charge in [0.2, 0.25) is 0 Å². The zero-order valence-electron chi connectivity index (χ0n) is 10.7. The number of hydrogen-bond acceptors (Lipinski definition) is 1. The van der Waals surface area contributed by atoms with Gasteiger partial charge in [-0.05, 0) is 29.7 Å². The maximum atomic E-state index is 5.86. The summed E-state index contributed by atoms with van der Waals surface area (Å²) < 4.78 is 6.98. The molecule has 0 aromatic heterocycles. The highest BCUT2D eigenvalue weighted by molar-refractivity contribution is 9.10. The highest BCUT2D eigenvalue weighted by Crippen LogP contribution is 2.30. The molecule has 0 spiro atoms. The van der Waals surface area contributed by atoms with E-state index < -0.39 is 0 Å². The van der Waals surface area contributed by atoms with Gasteiger partial charge in [-0.3, -0.25) is 0 Å². The van der Waals surface area contributed by atoms with E-state index in [1.165, 1.54) is 5.56 Å². The molecule has 0 aliphatic heterocycles. The molecule has 0 aliphatic rings. The van der Waals surface area contributed by atoms with Crippen LogP contribution in [-0.4, -0.2) is 15.4 Å². The van der Waals surface area contributed by atoms with Gasteiger partial charge in [0.15, 0.2) is 0 Å². The van der Waals surface area contributed by atoms with Gasteiger partial charge in [-0.15, -0.1) is 0 Å². The second-order valence-electron chi connectivity index (χ2n) is 5.08. The summed E-state index contributed by atoms with van der Waals surface area (Å²) in [5.74, 6) is 0.953. The minimum atomic E-state index is -0.335. The maximum Gasteiger partial charge on any atom is 0.120 e. The lowest BCUT2D eigenvalue weighted by atomic mass is 10.2. The van der Waals surface area contributed by atoms with E-state index in [2.05, 4.69) is 55.9 Å². The fraction of sp³-hybridized carbons (Fsp3) is 0.538. The van der Waals surface area contributed by atoms with Gasteiger partial charge >= 0.3 is 0 Å². The monoisotopic (exact) mass is 299 g/mol. The quantitative estimate of drug-likeness (QED) is 0.734. The molecular weight excluding hydrogens is 280 g/mol. The van der Waals surface area contributed by atoms with Crippen molar-refractivity contribution in [1.82, 2.24) is 0 Å². The third-order valence-corrected chi connectivity index (χ3v) is 6.80. The van der Waals surface area contributed by atoms with Crippen LogP contribution in [0.3, 0.4) is 0 Å². The Balaban J connectivity index is 2.65. The van der Waals surface area contributed by atoms with Crippen molar-refractivity contribution in [3.63, 3.8) is 0 Å². The summed E-state index contributed by atoms with van der Waals surface area (Å²) in [5.41, 5.74) is 1.24. The largest absolute Gasteiger partial charge is 0.493 e. The molecule has 0 aliphatic carbocycles. The van der Waals surface area contributed by atoms with Crippen molar-refractivity contribution in [2.45, 2.75) is 38.9 Å². The molecule has 0 atom stereocenters. The van der Waals surface area contributed by atoms with Gasteiger partial charge in [-0.2, -0.15) is 0 Å². The SMILES string of the molecule is Cc1ccc(OCC(C)(C)[Si](C)C)cc1Br. The first kappa shape index (κ1) is 13.8. The van der Waals surface area contributed by atoms with E-state index in [9.17, 15) is 0 Å². The lowest BCUT2D eigenvalue weighted by molar-refractivity contribution is 0.276. The average Bonchev–Trinajstić information content (AvgIpc) is 2.20. The highest BCUT2D eigenvalue weighted by Gasteiger charge is 2.24. The van der Waals surface area contributed by atoms with Gasteiger partial charge in [0.05, 0.1) is 15.4 Å². The summed E-state index contributed by atoms with van der Waals surface area (Å²) in [5, 5.41) is 0.308. The first-order chi connectivity index (χ1) is 7.33. The van der Waals surface area contributed by atoms with Gasteiger partial charge in [-0.25, -0.2) is 0 Å². The van der Waals surface area contributed by atoms with E-state index in [0.717, 1.165) is 16.8 Å². The van der Waals surface area contributed by atoms with Crippen LogP contribution < -0.4 is 4.74 Å². The Morgan fingerprint density at radius 3 is 2.44 bits per heavy atom. The molecule has 1 aromatic rings. The van der Waals surface area contributed by atoms with Crippen LogP contribution in [0.25, 0.3) is 0 Å². The highest BCUT2D eigenvalue weighted by atomic mass is 79.9. The van der Waals surface area contributed by atoms with E-state index in [4.69, 9.17) is 4.74 Å². The van der Waals surface area contributed by atoms with Crippen molar-refractivity contribution >= 4 is 24.7 Å². The van der Waals surface area contributed by atoms with Crippen LogP contribution in [0.1, 0.15) is 19.4 Å². The second-order valence-corrected chi connectivity index (χ2v) is 9.29. The summed E-state index contributed by atoms with van der Waals surface area (Å²) in [6, 6.07) is 6.16. The Kier molecular flexibility index (Phi) is 4.62. The Morgan fingerprint density at radius 1 is 1.31 bits per heavy atom. The number of aryl methyl sites for hydroxylation is 1. The van der Waals surface area contributed by atoms with Crippen molar-refractivity contribution < 1.29 is 4.74 Å². The molecule has 0 N–H and O–H groups in total. The Bertz CT molecular complexity index is 361. The molecule has 0 bridgehead atoms. The molecule has 0 fully saturated rings. The fourth-order valence-corrected chi connectivity index (χ4v) is 1.79. The molecule has 16 heavy (non-hydrogen) atoms. The molecule has 1 rings (SSSR count). The summed E-state index contributed by atoms with van der Waals surface area (Å²) >= 11 is 3.52. The molecule has 1 radical (unpaired) electrons. The van der Waals surface area contributed by atoms with E-state index in [1.807, 2.05) is 12.1 Å². The lowest BCUT2D eigenvalue weighted by Crippen LogP contribution is -2.27.